The number of carbonyl (C=O) groups excluding carboxylic acids is 1. The maximum Gasteiger partial charge on any atom is 0.210 e. The molecule has 0 spiro atoms. The van der Waals surface area contributed by atoms with Gasteiger partial charge in [-0.3, -0.25) is 9.48 Å². The molecule has 1 heterocycles. The van der Waals surface area contributed by atoms with Crippen molar-refractivity contribution >= 4 is 21.7 Å². The van der Waals surface area contributed by atoms with E-state index in [9.17, 15) is 4.79 Å². The highest BCUT2D eigenvalue weighted by Crippen LogP contribution is 2.20. The van der Waals surface area contributed by atoms with Crippen molar-refractivity contribution in [3.8, 4) is 0 Å². The van der Waals surface area contributed by atoms with Crippen LogP contribution in [-0.4, -0.2) is 53.8 Å². The molecular weight excluding hydrogens is 310 g/mol. The third kappa shape index (κ3) is 4.40. The second kappa shape index (κ2) is 7.77. The first-order valence-electron chi connectivity index (χ1n) is 6.53. The van der Waals surface area contributed by atoms with E-state index in [1.54, 1.807) is 10.9 Å². The summed E-state index contributed by atoms with van der Waals surface area (Å²) in [6.07, 6.45) is 1.94. The number of nitrogens with zero attached hydrogens (tertiary/aromatic N) is 3. The van der Waals surface area contributed by atoms with Gasteiger partial charge < -0.3 is 9.64 Å². The molecule has 1 aromatic heterocycles. The number of ether oxygens (including phenoxy) is 1. The third-order valence-corrected chi connectivity index (χ3v) is 3.40. The van der Waals surface area contributed by atoms with Crippen molar-refractivity contribution in [3.63, 3.8) is 0 Å². The first-order chi connectivity index (χ1) is 9.01. The number of rotatable bonds is 8. The van der Waals surface area contributed by atoms with Gasteiger partial charge in [-0.2, -0.15) is 5.10 Å². The quantitative estimate of drug-likeness (QED) is 0.685. The predicted octanol–water partition coefficient (Wildman–Crippen LogP) is 2.21. The van der Waals surface area contributed by atoms with Gasteiger partial charge in [-0.1, -0.05) is 6.92 Å². The summed E-state index contributed by atoms with van der Waals surface area (Å²) in [5.41, 5.74) is 0.599. The van der Waals surface area contributed by atoms with E-state index >= 15 is 0 Å². The van der Waals surface area contributed by atoms with Crippen molar-refractivity contribution in [2.75, 3.05) is 27.2 Å². The fourth-order valence-electron chi connectivity index (χ4n) is 1.80. The molecule has 6 heteroatoms. The highest BCUT2D eigenvalue weighted by molar-refractivity contribution is 9.10. The van der Waals surface area contributed by atoms with Crippen molar-refractivity contribution in [1.82, 2.24) is 14.7 Å². The molecule has 0 aliphatic rings. The van der Waals surface area contributed by atoms with Gasteiger partial charge >= 0.3 is 0 Å². The highest BCUT2D eigenvalue weighted by atomic mass is 79.9. The van der Waals surface area contributed by atoms with E-state index in [1.165, 1.54) is 0 Å². The Balaban J connectivity index is 2.91. The van der Waals surface area contributed by atoms with Crippen LogP contribution in [0.15, 0.2) is 10.7 Å². The lowest BCUT2D eigenvalue weighted by atomic mass is 10.1. The zero-order valence-electron chi connectivity index (χ0n) is 12.0. The van der Waals surface area contributed by atoms with E-state index in [0.29, 0.717) is 25.3 Å². The Hall–Kier alpha value is -0.720. The van der Waals surface area contributed by atoms with Gasteiger partial charge in [0, 0.05) is 13.2 Å². The maximum atomic E-state index is 12.5. The Bertz CT molecular complexity index is 418. The number of hydrogen-bond acceptors (Lipinski definition) is 4. The van der Waals surface area contributed by atoms with Crippen molar-refractivity contribution < 1.29 is 9.53 Å². The summed E-state index contributed by atoms with van der Waals surface area (Å²) in [5.74, 6) is -0.00696. The van der Waals surface area contributed by atoms with Crippen LogP contribution in [0.5, 0.6) is 0 Å². The third-order valence-electron chi connectivity index (χ3n) is 2.82. The summed E-state index contributed by atoms with van der Waals surface area (Å²) < 4.78 is 7.97. The van der Waals surface area contributed by atoms with Crippen LogP contribution in [0.25, 0.3) is 0 Å². The molecule has 0 aliphatic heterocycles. The van der Waals surface area contributed by atoms with Crippen LogP contribution in [-0.2, 0) is 11.3 Å². The predicted molar refractivity (Wildman–Crippen MR) is 78.5 cm³/mol. The Morgan fingerprint density at radius 2 is 2.21 bits per heavy atom. The highest BCUT2D eigenvalue weighted by Gasteiger charge is 2.24. The Morgan fingerprint density at radius 3 is 2.74 bits per heavy atom. The number of carbonyl (C=O) groups is 1. The van der Waals surface area contributed by atoms with Gasteiger partial charge in [0.25, 0.3) is 0 Å². The smallest absolute Gasteiger partial charge is 0.210 e. The second-order valence-electron chi connectivity index (χ2n) is 4.58. The molecule has 1 atom stereocenters. The minimum atomic E-state index is -0.392. The molecule has 5 nitrogen and oxygen atoms in total. The molecular formula is C13H22BrN3O2. The van der Waals surface area contributed by atoms with Crippen LogP contribution in [0.2, 0.25) is 0 Å². The van der Waals surface area contributed by atoms with E-state index in [4.69, 9.17) is 4.74 Å². The molecule has 0 saturated carbocycles. The van der Waals surface area contributed by atoms with E-state index in [2.05, 4.69) is 25.9 Å². The fraction of sp³-hybridized carbons (Fsp3) is 0.692. The van der Waals surface area contributed by atoms with Crippen LogP contribution >= 0.6 is 15.9 Å². The average molecular weight is 332 g/mol. The Kier molecular flexibility index (Phi) is 6.68. The van der Waals surface area contributed by atoms with Gasteiger partial charge in [-0.25, -0.2) is 0 Å². The molecule has 1 rings (SSSR count). The molecule has 108 valence electrons. The molecule has 0 aromatic carbocycles. The van der Waals surface area contributed by atoms with Crippen molar-refractivity contribution in [2.24, 2.45) is 0 Å². The van der Waals surface area contributed by atoms with E-state index in [0.717, 1.165) is 11.0 Å². The molecule has 0 radical (unpaired) electrons. The first kappa shape index (κ1) is 16.3. The lowest BCUT2D eigenvalue weighted by molar-refractivity contribution is 0.0433. The number of Topliss-reactive ketones (excluding diaryl/α,β-unsaturated/α-hetero) is 1. The average Bonchev–Trinajstić information content (AvgIpc) is 2.74. The summed E-state index contributed by atoms with van der Waals surface area (Å²) in [7, 11) is 3.99. The van der Waals surface area contributed by atoms with E-state index < -0.39 is 6.10 Å². The van der Waals surface area contributed by atoms with Crippen molar-refractivity contribution in [2.45, 2.75) is 32.9 Å². The lowest BCUT2D eigenvalue weighted by Gasteiger charge is -2.16. The first-order valence-corrected chi connectivity index (χ1v) is 7.32. The SMILES string of the molecule is CCOC(CC)C(=O)c1c(Br)cnn1CCN(C)C. The van der Waals surface area contributed by atoms with Crippen LogP contribution in [0.1, 0.15) is 30.8 Å². The van der Waals surface area contributed by atoms with Gasteiger partial charge in [-0.05, 0) is 43.4 Å². The fourth-order valence-corrected chi connectivity index (χ4v) is 2.30. The Labute approximate surface area is 123 Å². The zero-order valence-corrected chi connectivity index (χ0v) is 13.6. The minimum Gasteiger partial charge on any atom is -0.370 e. The topological polar surface area (TPSA) is 47.4 Å². The normalized spacial score (nSPS) is 12.9. The molecule has 0 bridgehead atoms. The number of hydrogen-bond donors (Lipinski definition) is 0. The maximum absolute atomic E-state index is 12.5. The monoisotopic (exact) mass is 331 g/mol. The number of likely N-dealkylation sites (N-methyl/N-ethyl adjacent to an activating group) is 1. The molecule has 19 heavy (non-hydrogen) atoms. The molecule has 0 saturated heterocycles. The van der Waals surface area contributed by atoms with Gasteiger partial charge in [0.05, 0.1) is 17.2 Å². The summed E-state index contributed by atoms with van der Waals surface area (Å²) >= 11 is 3.40. The largest absolute Gasteiger partial charge is 0.370 e. The lowest BCUT2D eigenvalue weighted by Crippen LogP contribution is -2.28. The Morgan fingerprint density at radius 1 is 1.53 bits per heavy atom. The standard InChI is InChI=1S/C13H22BrN3O2/c1-5-11(19-6-2)13(18)12-10(14)9-15-17(12)8-7-16(3)4/h9,11H,5-8H2,1-4H3. The minimum absolute atomic E-state index is 0.00696. The summed E-state index contributed by atoms with van der Waals surface area (Å²) in [5, 5.41) is 4.25. The van der Waals surface area contributed by atoms with E-state index in [-0.39, 0.29) is 5.78 Å². The van der Waals surface area contributed by atoms with Gasteiger partial charge in [0.15, 0.2) is 0 Å². The number of halogens is 1. The van der Waals surface area contributed by atoms with Crippen molar-refractivity contribution in [1.29, 1.82) is 0 Å². The molecule has 0 fully saturated rings. The molecule has 1 aromatic rings. The zero-order chi connectivity index (χ0) is 14.4. The van der Waals surface area contributed by atoms with Crippen LogP contribution in [0.3, 0.4) is 0 Å². The summed E-state index contributed by atoms with van der Waals surface area (Å²) in [6.45, 7) is 5.90. The molecule has 0 aliphatic carbocycles. The van der Waals surface area contributed by atoms with Gasteiger partial charge in [0.1, 0.15) is 11.8 Å². The summed E-state index contributed by atoms with van der Waals surface area (Å²) in [6, 6.07) is 0. The van der Waals surface area contributed by atoms with Gasteiger partial charge in [0.2, 0.25) is 5.78 Å². The molecule has 0 amide bonds. The number of aromatic nitrogens is 2. The van der Waals surface area contributed by atoms with E-state index in [1.807, 2.05) is 27.9 Å². The van der Waals surface area contributed by atoms with Gasteiger partial charge in [-0.15, -0.1) is 0 Å². The van der Waals surface area contributed by atoms with Crippen molar-refractivity contribution in [3.05, 3.63) is 16.4 Å². The molecule has 1 unspecified atom stereocenters. The van der Waals surface area contributed by atoms with Crippen LogP contribution < -0.4 is 0 Å². The summed E-state index contributed by atoms with van der Waals surface area (Å²) in [4.78, 5) is 14.5. The van der Waals surface area contributed by atoms with Crippen LogP contribution in [0, 0.1) is 0 Å². The number of ketones is 1. The van der Waals surface area contributed by atoms with Crippen LogP contribution in [0.4, 0.5) is 0 Å². The molecule has 0 N–H and O–H groups in total. The second-order valence-corrected chi connectivity index (χ2v) is 5.44.